The first-order valence-corrected chi connectivity index (χ1v) is 13.4. The number of piperidine rings is 1. The number of carbonyl (C=O) groups is 1. The van der Waals surface area contributed by atoms with Gasteiger partial charge in [-0.15, -0.1) is 0 Å². The van der Waals surface area contributed by atoms with Crippen molar-refractivity contribution in [1.82, 2.24) is 19.9 Å². The average Bonchev–Trinajstić information content (AvgIpc) is 3.28. The number of benzene rings is 1. The van der Waals surface area contributed by atoms with Crippen molar-refractivity contribution in [3.63, 3.8) is 0 Å². The molecule has 2 amide bonds. The molecule has 0 bridgehead atoms. The first-order valence-electron chi connectivity index (χ1n) is 11.5. The van der Waals surface area contributed by atoms with E-state index in [0.717, 1.165) is 12.1 Å². The molecule has 2 N–H and O–H groups in total. The van der Waals surface area contributed by atoms with Gasteiger partial charge in [0.2, 0.25) is 5.89 Å². The summed E-state index contributed by atoms with van der Waals surface area (Å²) in [6, 6.07) is 3.40. The molecule has 2 aromatic rings. The van der Waals surface area contributed by atoms with Crippen LogP contribution in [0.1, 0.15) is 42.2 Å². The highest BCUT2D eigenvalue weighted by Gasteiger charge is 2.38. The fraction of sp³-hybridized carbons (Fsp3) is 0.591. The van der Waals surface area contributed by atoms with Crippen LogP contribution in [0, 0.1) is 5.82 Å². The number of nitrogens with zero attached hydrogens (tertiary/aromatic N) is 4. The number of ether oxygens (including phenoxy) is 1. The van der Waals surface area contributed by atoms with Crippen molar-refractivity contribution >= 4 is 16.6 Å². The molecular formula is C22H28F4N4O5S. The molecule has 2 aliphatic heterocycles. The summed E-state index contributed by atoms with van der Waals surface area (Å²) in [5.74, 6) is -1.36. The van der Waals surface area contributed by atoms with Gasteiger partial charge in [0.15, 0.2) is 0 Å². The van der Waals surface area contributed by atoms with Crippen molar-refractivity contribution in [3.8, 4) is 6.01 Å². The lowest BCUT2D eigenvalue weighted by Gasteiger charge is -2.44. The minimum absolute atomic E-state index is 0.0521. The summed E-state index contributed by atoms with van der Waals surface area (Å²) in [5, 5.41) is 3.77. The van der Waals surface area contributed by atoms with E-state index in [1.165, 1.54) is 11.0 Å². The summed E-state index contributed by atoms with van der Waals surface area (Å²) < 4.78 is 83.2. The maximum absolute atomic E-state index is 14.6. The first-order chi connectivity index (χ1) is 16.9. The molecule has 4 rings (SSSR count). The van der Waals surface area contributed by atoms with Crippen molar-refractivity contribution in [2.45, 2.75) is 37.8 Å². The predicted octanol–water partition coefficient (Wildman–Crippen LogP) is 4.47. The minimum atomic E-state index is -4.53. The Balaban J connectivity index is 1.57. The number of carbonyl (C=O) groups excluding carboxylic acids is 1. The van der Waals surface area contributed by atoms with E-state index in [2.05, 4.69) is 10.1 Å². The van der Waals surface area contributed by atoms with Crippen molar-refractivity contribution in [1.29, 1.82) is 0 Å². The molecule has 200 valence electrons. The molecule has 36 heavy (non-hydrogen) atoms. The Morgan fingerprint density at radius 1 is 1.19 bits per heavy atom. The van der Waals surface area contributed by atoms with Crippen LogP contribution in [0.4, 0.5) is 22.4 Å². The highest BCUT2D eigenvalue weighted by atomic mass is 32.3. The fourth-order valence-corrected chi connectivity index (χ4v) is 5.77. The van der Waals surface area contributed by atoms with Crippen LogP contribution in [0.15, 0.2) is 22.7 Å². The van der Waals surface area contributed by atoms with Crippen LogP contribution in [-0.2, 0) is 6.42 Å². The molecule has 3 heterocycles. The third-order valence-electron chi connectivity index (χ3n) is 6.35. The second-order valence-electron chi connectivity index (χ2n) is 9.01. The summed E-state index contributed by atoms with van der Waals surface area (Å²) in [4.78, 5) is 20.6. The molecule has 1 aromatic carbocycles. The lowest BCUT2D eigenvalue weighted by Crippen LogP contribution is -2.52. The zero-order valence-electron chi connectivity index (χ0n) is 19.6. The largest absolute Gasteiger partial charge is 0.462 e. The molecule has 9 nitrogen and oxygen atoms in total. The maximum Gasteiger partial charge on any atom is 0.393 e. The molecule has 0 spiro atoms. The monoisotopic (exact) mass is 536 g/mol. The van der Waals surface area contributed by atoms with E-state index in [-0.39, 0.29) is 55.6 Å². The van der Waals surface area contributed by atoms with Crippen molar-refractivity contribution in [3.05, 3.63) is 41.0 Å². The number of rotatable bonds is 5. The van der Waals surface area contributed by atoms with E-state index in [4.69, 9.17) is 9.26 Å². The molecule has 14 heteroatoms. The number of amides is 2. The lowest BCUT2D eigenvalue weighted by molar-refractivity contribution is -0.127. The molecule has 0 aliphatic carbocycles. The van der Waals surface area contributed by atoms with Gasteiger partial charge in [-0.05, 0) is 35.7 Å². The number of urea groups is 1. The molecule has 2 atom stereocenters. The minimum Gasteiger partial charge on any atom is -0.462 e. The Morgan fingerprint density at radius 2 is 1.89 bits per heavy atom. The molecule has 1 aromatic heterocycles. The number of aromatic nitrogens is 2. The Labute approximate surface area is 206 Å². The topological polar surface area (TPSA) is 112 Å². The van der Waals surface area contributed by atoms with Gasteiger partial charge in [0.05, 0.1) is 30.5 Å². The van der Waals surface area contributed by atoms with Crippen LogP contribution in [0.2, 0.25) is 0 Å². The molecule has 2 fully saturated rings. The van der Waals surface area contributed by atoms with Gasteiger partial charge in [-0.3, -0.25) is 9.11 Å². The molecule has 0 saturated carbocycles. The third-order valence-corrected chi connectivity index (χ3v) is 8.03. The Bertz CT molecular complexity index is 1070. The summed E-state index contributed by atoms with van der Waals surface area (Å²) >= 11 is 0. The number of alkyl halides is 3. The third kappa shape index (κ3) is 6.40. The number of likely N-dealkylation sites (tertiary alicyclic amines) is 1. The highest BCUT2D eigenvalue weighted by Crippen LogP contribution is 2.41. The van der Waals surface area contributed by atoms with Crippen LogP contribution in [0.25, 0.3) is 0 Å². The van der Waals surface area contributed by atoms with Gasteiger partial charge in [0.25, 0.3) is 0 Å². The second-order valence-corrected chi connectivity index (χ2v) is 11.4. The van der Waals surface area contributed by atoms with Crippen LogP contribution in [-0.4, -0.2) is 85.5 Å². The Morgan fingerprint density at radius 3 is 2.53 bits per heavy atom. The van der Waals surface area contributed by atoms with Gasteiger partial charge in [0, 0.05) is 32.1 Å². The number of hydrogen-bond acceptors (Lipinski definition) is 7. The number of halogens is 4. The summed E-state index contributed by atoms with van der Waals surface area (Å²) in [6.45, 7) is 2.88. The van der Waals surface area contributed by atoms with Crippen LogP contribution in [0.5, 0.6) is 6.01 Å². The molecule has 2 unspecified atom stereocenters. The summed E-state index contributed by atoms with van der Waals surface area (Å²) in [6.07, 6.45) is -5.50. The van der Waals surface area contributed by atoms with E-state index in [0.29, 0.717) is 18.6 Å². The first kappa shape index (κ1) is 26.5. The van der Waals surface area contributed by atoms with E-state index in [1.54, 1.807) is 11.8 Å². The normalized spacial score (nSPS) is 23.4. The van der Waals surface area contributed by atoms with E-state index in [1.807, 2.05) is 0 Å². The van der Waals surface area contributed by atoms with Crippen molar-refractivity contribution in [2.75, 3.05) is 44.3 Å². The lowest BCUT2D eigenvalue weighted by atomic mass is 9.84. The zero-order valence-corrected chi connectivity index (χ0v) is 20.4. The zero-order chi connectivity index (χ0) is 26.1. The average molecular weight is 537 g/mol. The smallest absolute Gasteiger partial charge is 0.393 e. The fourth-order valence-electron chi connectivity index (χ4n) is 4.54. The summed E-state index contributed by atoms with van der Waals surface area (Å²) in [7, 11) is -2.69. The van der Waals surface area contributed by atoms with Crippen LogP contribution in [0.3, 0.4) is 0 Å². The van der Waals surface area contributed by atoms with Gasteiger partial charge in [-0.1, -0.05) is 12.1 Å². The predicted molar refractivity (Wildman–Crippen MR) is 123 cm³/mol. The number of hydrogen-bond donors (Lipinski definition) is 2. The van der Waals surface area contributed by atoms with Gasteiger partial charge < -0.3 is 19.1 Å². The van der Waals surface area contributed by atoms with Gasteiger partial charge >= 0.3 is 18.2 Å². The molecule has 2 saturated heterocycles. The van der Waals surface area contributed by atoms with E-state index in [9.17, 15) is 31.5 Å². The van der Waals surface area contributed by atoms with Crippen molar-refractivity contribution < 1.29 is 40.7 Å². The van der Waals surface area contributed by atoms with Gasteiger partial charge in [0.1, 0.15) is 5.82 Å². The van der Waals surface area contributed by atoms with Gasteiger partial charge in [-0.2, -0.15) is 28.7 Å². The Kier molecular flexibility index (Phi) is 7.67. The molecular weight excluding hydrogens is 508 g/mol. The molecule has 0 radical (unpaired) electrons. The summed E-state index contributed by atoms with van der Waals surface area (Å²) in [5.41, 5.74) is 0.00963. The second kappa shape index (κ2) is 10.4. The maximum atomic E-state index is 14.6. The Hall–Kier alpha value is -2.58. The SMILES string of the molecule is CCOc1noc(C2CC(c3ccc(CC(F)(F)F)c(F)c3)CN(C(=O)N3CCS(O)(O)CC3)C2)n1. The molecule has 2 aliphatic rings. The van der Waals surface area contributed by atoms with E-state index < -0.39 is 46.4 Å². The van der Waals surface area contributed by atoms with Crippen LogP contribution >= 0.6 is 10.6 Å². The van der Waals surface area contributed by atoms with Crippen molar-refractivity contribution in [2.24, 2.45) is 0 Å². The van der Waals surface area contributed by atoms with Crippen LogP contribution < -0.4 is 4.74 Å². The quantitative estimate of drug-likeness (QED) is 0.543. The highest BCUT2D eigenvalue weighted by molar-refractivity contribution is 8.24. The standard InChI is InChI=1S/C22H28F4N4O5S/c1-2-34-20-27-19(35-28-20)17-9-16(14-3-4-15(18(23)10-14)11-22(24,25)26)12-30(13-17)21(31)29-5-7-36(32,33)8-6-29/h3-4,10,16-17,32-33H,2,5-9,11-13H2,1H3. The van der Waals surface area contributed by atoms with E-state index >= 15 is 0 Å². The van der Waals surface area contributed by atoms with Gasteiger partial charge in [-0.25, -0.2) is 9.18 Å².